The smallest absolute Gasteiger partial charge is 0.326 e. The molecule has 1 aliphatic heterocycles. The SMILES string of the molecule is CN(CCc1ccncc1)C(=O)N1CC(O)C[C@H]1C(=O)O. The summed E-state index contributed by atoms with van der Waals surface area (Å²) >= 11 is 0. The molecule has 0 aliphatic carbocycles. The van der Waals surface area contributed by atoms with E-state index in [0.29, 0.717) is 13.0 Å². The number of aliphatic carboxylic acids is 1. The third-order valence-corrected chi connectivity index (χ3v) is 3.62. The average Bonchev–Trinajstić information content (AvgIpc) is 2.87. The summed E-state index contributed by atoms with van der Waals surface area (Å²) in [4.78, 5) is 30.1. The second-order valence-electron chi connectivity index (χ2n) is 5.21. The van der Waals surface area contributed by atoms with Gasteiger partial charge in [-0.25, -0.2) is 9.59 Å². The quantitative estimate of drug-likeness (QED) is 0.827. The van der Waals surface area contributed by atoms with Crippen LogP contribution in [0.25, 0.3) is 0 Å². The molecule has 2 amide bonds. The molecule has 7 heteroatoms. The highest BCUT2D eigenvalue weighted by Gasteiger charge is 2.39. The van der Waals surface area contributed by atoms with Gasteiger partial charge in [-0.15, -0.1) is 0 Å². The summed E-state index contributed by atoms with van der Waals surface area (Å²) < 4.78 is 0. The fourth-order valence-electron chi connectivity index (χ4n) is 2.42. The number of urea groups is 1. The number of amides is 2. The minimum Gasteiger partial charge on any atom is -0.480 e. The molecular weight excluding hydrogens is 274 g/mol. The highest BCUT2D eigenvalue weighted by molar-refractivity contribution is 5.83. The fraction of sp³-hybridized carbons (Fsp3) is 0.500. The summed E-state index contributed by atoms with van der Waals surface area (Å²) in [6.45, 7) is 0.539. The molecule has 2 atom stereocenters. The van der Waals surface area contributed by atoms with Crippen LogP contribution in [0.3, 0.4) is 0 Å². The van der Waals surface area contributed by atoms with Crippen molar-refractivity contribution in [2.24, 2.45) is 0 Å². The zero-order valence-electron chi connectivity index (χ0n) is 11.8. The number of pyridine rings is 1. The van der Waals surface area contributed by atoms with E-state index < -0.39 is 18.1 Å². The summed E-state index contributed by atoms with van der Waals surface area (Å²) in [5.74, 6) is -1.08. The van der Waals surface area contributed by atoms with Crippen LogP contribution in [0.1, 0.15) is 12.0 Å². The van der Waals surface area contributed by atoms with Gasteiger partial charge in [0.1, 0.15) is 6.04 Å². The molecule has 1 saturated heterocycles. The molecule has 0 aromatic carbocycles. The van der Waals surface area contributed by atoms with Crippen molar-refractivity contribution in [3.05, 3.63) is 30.1 Å². The Morgan fingerprint density at radius 2 is 2.10 bits per heavy atom. The molecule has 1 aromatic rings. The topological polar surface area (TPSA) is 94.0 Å². The van der Waals surface area contributed by atoms with Crippen LogP contribution in [0.15, 0.2) is 24.5 Å². The van der Waals surface area contributed by atoms with Crippen LogP contribution in [-0.4, -0.2) is 69.3 Å². The highest BCUT2D eigenvalue weighted by Crippen LogP contribution is 2.19. The number of nitrogens with zero attached hydrogens (tertiary/aromatic N) is 3. The van der Waals surface area contributed by atoms with Crippen molar-refractivity contribution in [2.75, 3.05) is 20.1 Å². The van der Waals surface area contributed by atoms with Gasteiger partial charge >= 0.3 is 12.0 Å². The Morgan fingerprint density at radius 1 is 1.43 bits per heavy atom. The number of rotatable bonds is 4. The Balaban J connectivity index is 1.94. The van der Waals surface area contributed by atoms with E-state index in [-0.39, 0.29) is 19.0 Å². The molecule has 114 valence electrons. The first-order chi connectivity index (χ1) is 9.99. The Morgan fingerprint density at radius 3 is 2.71 bits per heavy atom. The predicted octanol–water partition coefficient (Wildman–Crippen LogP) is 0.196. The third-order valence-electron chi connectivity index (χ3n) is 3.62. The molecule has 1 aromatic heterocycles. The van der Waals surface area contributed by atoms with E-state index in [1.807, 2.05) is 12.1 Å². The summed E-state index contributed by atoms with van der Waals surface area (Å²) in [6, 6.07) is 2.43. The van der Waals surface area contributed by atoms with E-state index in [4.69, 9.17) is 5.11 Å². The number of hydrogen-bond acceptors (Lipinski definition) is 4. The fourth-order valence-corrected chi connectivity index (χ4v) is 2.42. The minimum atomic E-state index is -1.08. The van der Waals surface area contributed by atoms with Gasteiger partial charge in [-0.3, -0.25) is 4.98 Å². The largest absolute Gasteiger partial charge is 0.480 e. The van der Waals surface area contributed by atoms with E-state index >= 15 is 0 Å². The molecule has 2 N–H and O–H groups in total. The Kier molecular flexibility index (Phi) is 4.74. The van der Waals surface area contributed by atoms with Crippen molar-refractivity contribution >= 4 is 12.0 Å². The predicted molar refractivity (Wildman–Crippen MR) is 74.7 cm³/mol. The molecule has 0 spiro atoms. The maximum Gasteiger partial charge on any atom is 0.326 e. The summed E-state index contributed by atoms with van der Waals surface area (Å²) in [5, 5.41) is 18.7. The molecule has 2 heterocycles. The summed E-state index contributed by atoms with van der Waals surface area (Å²) in [6.07, 6.45) is 3.35. The van der Waals surface area contributed by atoms with Crippen LogP contribution >= 0.6 is 0 Å². The summed E-state index contributed by atoms with van der Waals surface area (Å²) in [5.41, 5.74) is 1.06. The second kappa shape index (κ2) is 6.53. The van der Waals surface area contributed by atoms with Gasteiger partial charge in [-0.1, -0.05) is 0 Å². The van der Waals surface area contributed by atoms with Crippen molar-refractivity contribution in [3.63, 3.8) is 0 Å². The minimum absolute atomic E-state index is 0.0649. The highest BCUT2D eigenvalue weighted by atomic mass is 16.4. The van der Waals surface area contributed by atoms with Crippen LogP contribution in [-0.2, 0) is 11.2 Å². The van der Waals surface area contributed by atoms with Crippen molar-refractivity contribution in [1.82, 2.24) is 14.8 Å². The van der Waals surface area contributed by atoms with Gasteiger partial charge < -0.3 is 20.0 Å². The van der Waals surface area contributed by atoms with Crippen molar-refractivity contribution in [1.29, 1.82) is 0 Å². The molecular formula is C14H19N3O4. The van der Waals surface area contributed by atoms with Gasteiger partial charge in [-0.05, 0) is 24.1 Å². The van der Waals surface area contributed by atoms with E-state index in [0.717, 1.165) is 5.56 Å². The lowest BCUT2D eigenvalue weighted by atomic mass is 10.2. The average molecular weight is 293 g/mol. The number of aliphatic hydroxyl groups is 1. The van der Waals surface area contributed by atoms with Gasteiger partial charge in [0, 0.05) is 39.0 Å². The lowest BCUT2D eigenvalue weighted by Crippen LogP contribution is -2.47. The second-order valence-corrected chi connectivity index (χ2v) is 5.21. The third kappa shape index (κ3) is 3.69. The van der Waals surface area contributed by atoms with Crippen molar-refractivity contribution in [2.45, 2.75) is 25.0 Å². The van der Waals surface area contributed by atoms with Gasteiger partial charge in [-0.2, -0.15) is 0 Å². The van der Waals surface area contributed by atoms with E-state index in [1.54, 1.807) is 19.4 Å². The lowest BCUT2D eigenvalue weighted by molar-refractivity contribution is -0.141. The zero-order valence-corrected chi connectivity index (χ0v) is 11.8. The number of carboxylic acids is 1. The van der Waals surface area contributed by atoms with Crippen LogP contribution in [0, 0.1) is 0 Å². The number of carboxylic acid groups (broad SMARTS) is 1. The lowest BCUT2D eigenvalue weighted by Gasteiger charge is -2.27. The molecule has 0 radical (unpaired) electrons. The van der Waals surface area contributed by atoms with Crippen molar-refractivity contribution < 1.29 is 19.8 Å². The number of carbonyl (C=O) groups is 2. The number of β-amino-alcohol motifs (C(OH)–C–C–N with tert-alkyl or cyclic N) is 1. The standard InChI is InChI=1S/C14H19N3O4/c1-16(7-4-10-2-5-15-6-3-10)14(21)17-9-11(18)8-12(17)13(19)20/h2-3,5-6,11-12,18H,4,7-9H2,1H3,(H,19,20)/t11?,12-/m0/s1. The Bertz CT molecular complexity index is 508. The number of carbonyl (C=O) groups excluding carboxylic acids is 1. The van der Waals surface area contributed by atoms with Crippen LogP contribution in [0.2, 0.25) is 0 Å². The van der Waals surface area contributed by atoms with E-state index in [2.05, 4.69) is 4.98 Å². The van der Waals surface area contributed by atoms with E-state index in [9.17, 15) is 14.7 Å². The molecule has 1 aliphatic rings. The van der Waals surface area contributed by atoms with Crippen LogP contribution in [0.5, 0.6) is 0 Å². The van der Waals surface area contributed by atoms with Crippen molar-refractivity contribution in [3.8, 4) is 0 Å². The number of likely N-dealkylation sites (tertiary alicyclic amines) is 1. The first kappa shape index (κ1) is 15.2. The van der Waals surface area contributed by atoms with Gasteiger partial charge in [0.2, 0.25) is 0 Å². The summed E-state index contributed by atoms with van der Waals surface area (Å²) in [7, 11) is 1.63. The molecule has 0 bridgehead atoms. The normalized spacial score (nSPS) is 21.3. The number of likely N-dealkylation sites (N-methyl/N-ethyl adjacent to an activating group) is 1. The molecule has 1 unspecified atom stereocenters. The molecule has 2 rings (SSSR count). The molecule has 1 fully saturated rings. The number of aliphatic hydroxyl groups excluding tert-OH is 1. The van der Waals surface area contributed by atoms with Gasteiger partial charge in [0.25, 0.3) is 0 Å². The first-order valence-corrected chi connectivity index (χ1v) is 6.80. The monoisotopic (exact) mass is 293 g/mol. The van der Waals surface area contributed by atoms with Gasteiger partial charge in [0.05, 0.1) is 6.10 Å². The first-order valence-electron chi connectivity index (χ1n) is 6.80. The van der Waals surface area contributed by atoms with Crippen LogP contribution in [0.4, 0.5) is 4.79 Å². The Hall–Kier alpha value is -2.15. The maximum atomic E-state index is 12.3. The maximum absolute atomic E-state index is 12.3. The molecule has 0 saturated carbocycles. The van der Waals surface area contributed by atoms with Crippen LogP contribution < -0.4 is 0 Å². The Labute approximate surface area is 122 Å². The molecule has 21 heavy (non-hydrogen) atoms. The zero-order chi connectivity index (χ0) is 15.4. The number of hydrogen-bond donors (Lipinski definition) is 2. The number of aromatic nitrogens is 1. The van der Waals surface area contributed by atoms with E-state index in [1.165, 1.54) is 9.80 Å². The molecule has 7 nitrogen and oxygen atoms in total. The van der Waals surface area contributed by atoms with Gasteiger partial charge in [0.15, 0.2) is 0 Å².